The van der Waals surface area contributed by atoms with Gasteiger partial charge in [0.2, 0.25) is 0 Å². The molecule has 0 aromatic rings. The van der Waals surface area contributed by atoms with Gasteiger partial charge in [0.1, 0.15) is 6.29 Å². The number of carbonyl (C=O) groups excluding carboxylic acids is 2. The molecule has 3 nitrogen and oxygen atoms in total. The summed E-state index contributed by atoms with van der Waals surface area (Å²) in [4.78, 5) is 21.8. The van der Waals surface area contributed by atoms with Gasteiger partial charge in [-0.25, -0.2) is 4.79 Å². The Morgan fingerprint density at radius 1 is 1.43 bits per heavy atom. The Morgan fingerprint density at radius 3 is 2.43 bits per heavy atom. The first kappa shape index (κ1) is 12.9. The highest BCUT2D eigenvalue weighted by Gasteiger charge is 2.15. The second kappa shape index (κ2) is 5.58. The summed E-state index contributed by atoms with van der Waals surface area (Å²) in [5, 5.41) is 0. The molecule has 0 fully saturated rings. The van der Waals surface area contributed by atoms with Crippen LogP contribution in [0.25, 0.3) is 0 Å². The zero-order valence-corrected chi connectivity index (χ0v) is 9.29. The van der Waals surface area contributed by atoms with Gasteiger partial charge in [-0.15, -0.1) is 0 Å². The Balaban J connectivity index is 4.25. The molecule has 0 aliphatic carbocycles. The number of hydrogen-bond donors (Lipinski definition) is 0. The Labute approximate surface area is 85.1 Å². The van der Waals surface area contributed by atoms with E-state index in [0.29, 0.717) is 18.6 Å². The molecule has 0 saturated heterocycles. The molecule has 0 unspecified atom stereocenters. The fourth-order valence-electron chi connectivity index (χ4n) is 0.793. The molecule has 0 heterocycles. The van der Waals surface area contributed by atoms with Crippen molar-refractivity contribution in [3.63, 3.8) is 0 Å². The van der Waals surface area contributed by atoms with Crippen LogP contribution in [-0.4, -0.2) is 18.9 Å². The molecule has 0 saturated carbocycles. The largest absolute Gasteiger partial charge is 0.463 e. The van der Waals surface area contributed by atoms with Crippen LogP contribution < -0.4 is 0 Å². The van der Waals surface area contributed by atoms with Crippen molar-refractivity contribution in [2.45, 2.75) is 34.1 Å². The Bertz CT molecular complexity index is 239. The van der Waals surface area contributed by atoms with Crippen LogP contribution in [0.3, 0.4) is 0 Å². The maximum atomic E-state index is 11.2. The summed E-state index contributed by atoms with van der Waals surface area (Å²) in [6, 6.07) is 0. The van der Waals surface area contributed by atoms with Crippen LogP contribution >= 0.6 is 0 Å². The Morgan fingerprint density at radius 2 is 2.00 bits per heavy atom. The summed E-state index contributed by atoms with van der Waals surface area (Å²) in [6.07, 6.45) is 3.19. The van der Waals surface area contributed by atoms with Gasteiger partial charge in [0, 0.05) is 11.0 Å². The van der Waals surface area contributed by atoms with Crippen molar-refractivity contribution in [2.24, 2.45) is 5.41 Å². The quantitative estimate of drug-likeness (QED) is 0.386. The molecular weight excluding hydrogens is 180 g/mol. The topological polar surface area (TPSA) is 43.4 Å². The van der Waals surface area contributed by atoms with Gasteiger partial charge in [-0.2, -0.15) is 0 Å². The molecule has 0 aromatic carbocycles. The zero-order valence-electron chi connectivity index (χ0n) is 9.29. The van der Waals surface area contributed by atoms with E-state index in [-0.39, 0.29) is 5.97 Å². The van der Waals surface area contributed by atoms with E-state index in [4.69, 9.17) is 4.74 Å². The summed E-state index contributed by atoms with van der Waals surface area (Å²) in [6.45, 7) is 7.49. The normalized spacial score (nSPS) is 12.4. The summed E-state index contributed by atoms with van der Waals surface area (Å²) in [7, 11) is 0. The Hall–Kier alpha value is -1.12. The van der Waals surface area contributed by atoms with E-state index in [1.54, 1.807) is 19.9 Å². The fraction of sp³-hybridized carbons (Fsp3) is 0.636. The van der Waals surface area contributed by atoms with E-state index in [9.17, 15) is 9.59 Å². The lowest BCUT2D eigenvalue weighted by Crippen LogP contribution is -2.12. The van der Waals surface area contributed by atoms with Crippen LogP contribution in [-0.2, 0) is 14.3 Å². The number of rotatable bonds is 5. The average Bonchev–Trinajstić information content (AvgIpc) is 2.15. The molecule has 0 aromatic heterocycles. The molecule has 0 atom stereocenters. The summed E-state index contributed by atoms with van der Waals surface area (Å²) >= 11 is 0. The van der Waals surface area contributed by atoms with Crippen LogP contribution in [0, 0.1) is 5.41 Å². The zero-order chi connectivity index (χ0) is 11.2. The monoisotopic (exact) mass is 198 g/mol. The first-order valence-electron chi connectivity index (χ1n) is 4.73. The number of allylic oxidation sites excluding steroid dienone is 1. The SMILES string of the molecule is CCOC(=O)/C(C)=C/CC(C)(C)C=O. The molecule has 0 N–H and O–H groups in total. The van der Waals surface area contributed by atoms with E-state index in [0.717, 1.165) is 6.29 Å². The highest BCUT2D eigenvalue weighted by atomic mass is 16.5. The molecule has 0 aliphatic heterocycles. The molecule has 80 valence electrons. The van der Waals surface area contributed by atoms with Crippen LogP contribution in [0.5, 0.6) is 0 Å². The number of carbonyl (C=O) groups is 2. The lowest BCUT2D eigenvalue weighted by Gasteiger charge is -2.13. The highest BCUT2D eigenvalue weighted by molar-refractivity contribution is 5.87. The van der Waals surface area contributed by atoms with Crippen LogP contribution in [0.1, 0.15) is 34.1 Å². The lowest BCUT2D eigenvalue weighted by molar-refractivity contribution is -0.138. The van der Waals surface area contributed by atoms with Crippen molar-refractivity contribution in [3.05, 3.63) is 11.6 Å². The molecule has 14 heavy (non-hydrogen) atoms. The molecule has 0 bridgehead atoms. The molecule has 0 rings (SSSR count). The summed E-state index contributed by atoms with van der Waals surface area (Å²) in [5.74, 6) is -0.311. The Kier molecular flexibility index (Phi) is 5.13. The summed E-state index contributed by atoms with van der Waals surface area (Å²) in [5.41, 5.74) is 0.148. The first-order valence-corrected chi connectivity index (χ1v) is 4.73. The van der Waals surface area contributed by atoms with Gasteiger partial charge in [-0.3, -0.25) is 0 Å². The molecule has 3 heteroatoms. The van der Waals surface area contributed by atoms with E-state index in [1.165, 1.54) is 0 Å². The van der Waals surface area contributed by atoms with Gasteiger partial charge >= 0.3 is 5.97 Å². The third kappa shape index (κ3) is 4.80. The van der Waals surface area contributed by atoms with Crippen molar-refractivity contribution in [3.8, 4) is 0 Å². The van der Waals surface area contributed by atoms with Crippen molar-refractivity contribution in [1.82, 2.24) is 0 Å². The van der Waals surface area contributed by atoms with Gasteiger partial charge in [0.25, 0.3) is 0 Å². The van der Waals surface area contributed by atoms with Crippen molar-refractivity contribution in [2.75, 3.05) is 6.61 Å². The van der Waals surface area contributed by atoms with Crippen molar-refractivity contribution < 1.29 is 14.3 Å². The molecular formula is C11H18O3. The second-order valence-electron chi connectivity index (χ2n) is 3.92. The van der Waals surface area contributed by atoms with E-state index in [2.05, 4.69) is 0 Å². The fourth-order valence-corrected chi connectivity index (χ4v) is 0.793. The van der Waals surface area contributed by atoms with Gasteiger partial charge in [0.05, 0.1) is 6.61 Å². The minimum absolute atomic E-state index is 0.311. The predicted molar refractivity (Wildman–Crippen MR) is 54.9 cm³/mol. The van der Waals surface area contributed by atoms with Gasteiger partial charge in [-0.05, 0) is 20.3 Å². The minimum Gasteiger partial charge on any atom is -0.463 e. The molecule has 0 amide bonds. The van der Waals surface area contributed by atoms with Gasteiger partial charge in [-0.1, -0.05) is 19.9 Å². The summed E-state index contributed by atoms with van der Waals surface area (Å²) < 4.78 is 4.81. The van der Waals surface area contributed by atoms with Crippen LogP contribution in [0.15, 0.2) is 11.6 Å². The lowest BCUT2D eigenvalue weighted by atomic mass is 9.90. The molecule has 0 aliphatic rings. The molecule has 0 spiro atoms. The maximum absolute atomic E-state index is 11.2. The van der Waals surface area contributed by atoms with Crippen LogP contribution in [0.2, 0.25) is 0 Å². The van der Waals surface area contributed by atoms with E-state index in [1.807, 2.05) is 13.8 Å². The van der Waals surface area contributed by atoms with Gasteiger partial charge in [0.15, 0.2) is 0 Å². The van der Waals surface area contributed by atoms with Crippen molar-refractivity contribution >= 4 is 12.3 Å². The number of esters is 1. The average molecular weight is 198 g/mol. The number of ether oxygens (including phenoxy) is 1. The maximum Gasteiger partial charge on any atom is 0.333 e. The molecule has 0 radical (unpaired) electrons. The van der Waals surface area contributed by atoms with Crippen molar-refractivity contribution in [1.29, 1.82) is 0 Å². The minimum atomic E-state index is -0.409. The smallest absolute Gasteiger partial charge is 0.333 e. The standard InChI is InChI=1S/C11H18O3/c1-5-14-10(13)9(2)6-7-11(3,4)8-12/h6,8H,5,7H2,1-4H3/b9-6+. The third-order valence-electron chi connectivity index (χ3n) is 1.85. The van der Waals surface area contributed by atoms with Crippen LogP contribution in [0.4, 0.5) is 0 Å². The second-order valence-corrected chi connectivity index (χ2v) is 3.92. The number of aldehydes is 1. The third-order valence-corrected chi connectivity index (χ3v) is 1.85. The first-order chi connectivity index (χ1) is 6.43. The van der Waals surface area contributed by atoms with E-state index < -0.39 is 5.41 Å². The van der Waals surface area contributed by atoms with Gasteiger partial charge < -0.3 is 9.53 Å². The highest BCUT2D eigenvalue weighted by Crippen LogP contribution is 2.18. The van der Waals surface area contributed by atoms with E-state index >= 15 is 0 Å². The number of hydrogen-bond acceptors (Lipinski definition) is 3. The predicted octanol–water partition coefficient (Wildman–Crippen LogP) is 2.11.